The first-order chi connectivity index (χ1) is 13.5. The van der Waals surface area contributed by atoms with Crippen LogP contribution in [0.5, 0.6) is 0 Å². The van der Waals surface area contributed by atoms with E-state index in [2.05, 4.69) is 23.9 Å². The molecule has 5 nitrogen and oxygen atoms in total. The van der Waals surface area contributed by atoms with Crippen LogP contribution in [-0.2, 0) is 12.8 Å². The van der Waals surface area contributed by atoms with E-state index in [0.717, 1.165) is 29.2 Å². The maximum atomic E-state index is 11.5. The van der Waals surface area contributed by atoms with Gasteiger partial charge in [-0.15, -0.1) is 0 Å². The SMILES string of the molecule is CCC(C)n1nc(CC=S)nc1Cc1ccc(-c2ccccc2C(=O)O)cc1. The summed E-state index contributed by atoms with van der Waals surface area (Å²) in [6.45, 7) is 4.26. The summed E-state index contributed by atoms with van der Waals surface area (Å²) in [5, 5.41) is 15.7. The van der Waals surface area contributed by atoms with Gasteiger partial charge in [0.15, 0.2) is 5.82 Å². The zero-order valence-corrected chi connectivity index (χ0v) is 16.8. The molecule has 1 unspecified atom stereocenters. The molecule has 0 radical (unpaired) electrons. The summed E-state index contributed by atoms with van der Waals surface area (Å²) in [5.74, 6) is 0.740. The van der Waals surface area contributed by atoms with Gasteiger partial charge in [0.25, 0.3) is 0 Å². The maximum Gasteiger partial charge on any atom is 0.336 e. The second-order valence-electron chi connectivity index (χ2n) is 6.74. The van der Waals surface area contributed by atoms with E-state index in [9.17, 15) is 9.90 Å². The van der Waals surface area contributed by atoms with Crippen LogP contribution in [0.1, 0.15) is 53.9 Å². The second-order valence-corrected chi connectivity index (χ2v) is 7.07. The van der Waals surface area contributed by atoms with Crippen LogP contribution in [-0.4, -0.2) is 31.2 Å². The van der Waals surface area contributed by atoms with Gasteiger partial charge in [0.05, 0.1) is 11.6 Å². The van der Waals surface area contributed by atoms with Gasteiger partial charge in [0.2, 0.25) is 0 Å². The third-order valence-corrected chi connectivity index (χ3v) is 4.97. The van der Waals surface area contributed by atoms with Crippen molar-refractivity contribution in [2.45, 2.75) is 39.2 Å². The van der Waals surface area contributed by atoms with Gasteiger partial charge in [-0.25, -0.2) is 14.5 Å². The van der Waals surface area contributed by atoms with Gasteiger partial charge in [0.1, 0.15) is 5.82 Å². The largest absolute Gasteiger partial charge is 0.478 e. The molecule has 6 heteroatoms. The number of aromatic nitrogens is 3. The van der Waals surface area contributed by atoms with Gasteiger partial charge in [-0.05, 0) is 41.5 Å². The molecule has 0 saturated heterocycles. The fourth-order valence-corrected chi connectivity index (χ4v) is 3.27. The van der Waals surface area contributed by atoms with Crippen LogP contribution in [0.25, 0.3) is 11.1 Å². The summed E-state index contributed by atoms with van der Waals surface area (Å²) < 4.78 is 1.99. The third-order valence-electron chi connectivity index (χ3n) is 4.80. The number of benzene rings is 2. The molecule has 0 aliphatic heterocycles. The summed E-state index contributed by atoms with van der Waals surface area (Å²) in [6.07, 6.45) is 2.21. The summed E-state index contributed by atoms with van der Waals surface area (Å²) in [7, 11) is 0. The molecule has 0 spiro atoms. The van der Waals surface area contributed by atoms with Crippen molar-refractivity contribution in [3.63, 3.8) is 0 Å². The number of carboxylic acids is 1. The van der Waals surface area contributed by atoms with Gasteiger partial charge < -0.3 is 5.11 Å². The first kappa shape index (κ1) is 19.9. The highest BCUT2D eigenvalue weighted by molar-refractivity contribution is 7.78. The minimum Gasteiger partial charge on any atom is -0.478 e. The quantitative estimate of drug-likeness (QED) is 0.560. The minimum absolute atomic E-state index is 0.267. The fourth-order valence-electron chi connectivity index (χ4n) is 3.12. The van der Waals surface area contributed by atoms with E-state index in [0.29, 0.717) is 24.0 Å². The van der Waals surface area contributed by atoms with Crippen LogP contribution in [0.3, 0.4) is 0 Å². The molecular formula is C22H23N3O2S. The number of thiocarbonyl (C=S) groups is 1. The average Bonchev–Trinajstić information content (AvgIpc) is 3.10. The molecule has 3 aromatic rings. The van der Waals surface area contributed by atoms with Crippen molar-refractivity contribution >= 4 is 23.6 Å². The topological polar surface area (TPSA) is 68.0 Å². The van der Waals surface area contributed by atoms with E-state index in [1.165, 1.54) is 0 Å². The number of carboxylic acid groups (broad SMARTS) is 1. The van der Waals surface area contributed by atoms with E-state index in [-0.39, 0.29) is 6.04 Å². The Morgan fingerprint density at radius 1 is 1.21 bits per heavy atom. The van der Waals surface area contributed by atoms with Gasteiger partial charge in [-0.3, -0.25) is 0 Å². The fraction of sp³-hybridized carbons (Fsp3) is 0.273. The molecule has 0 fully saturated rings. The Labute approximate surface area is 170 Å². The highest BCUT2D eigenvalue weighted by Crippen LogP contribution is 2.25. The monoisotopic (exact) mass is 393 g/mol. The molecule has 0 amide bonds. The summed E-state index contributed by atoms with van der Waals surface area (Å²) in [5.41, 5.74) is 3.00. The predicted molar refractivity (Wildman–Crippen MR) is 114 cm³/mol. The van der Waals surface area contributed by atoms with Crippen molar-refractivity contribution in [2.24, 2.45) is 0 Å². The number of aromatic carboxylic acids is 1. The minimum atomic E-state index is -0.924. The molecule has 1 N–H and O–H groups in total. The van der Waals surface area contributed by atoms with Crippen molar-refractivity contribution in [1.82, 2.24) is 14.8 Å². The van der Waals surface area contributed by atoms with E-state index in [1.807, 2.05) is 41.1 Å². The molecular weight excluding hydrogens is 370 g/mol. The third kappa shape index (κ3) is 4.34. The molecule has 28 heavy (non-hydrogen) atoms. The van der Waals surface area contributed by atoms with Crippen molar-refractivity contribution < 1.29 is 9.90 Å². The van der Waals surface area contributed by atoms with Gasteiger partial charge in [-0.1, -0.05) is 61.6 Å². The van der Waals surface area contributed by atoms with Crippen LogP contribution < -0.4 is 0 Å². The van der Waals surface area contributed by atoms with E-state index in [4.69, 9.17) is 12.2 Å². The molecule has 3 rings (SSSR count). The molecule has 0 bridgehead atoms. The lowest BCUT2D eigenvalue weighted by molar-refractivity contribution is 0.0697. The van der Waals surface area contributed by atoms with E-state index < -0.39 is 5.97 Å². The second kappa shape index (κ2) is 8.89. The van der Waals surface area contributed by atoms with Crippen molar-refractivity contribution in [2.75, 3.05) is 0 Å². The van der Waals surface area contributed by atoms with Crippen LogP contribution in [0.15, 0.2) is 48.5 Å². The van der Waals surface area contributed by atoms with Crippen molar-refractivity contribution in [3.05, 3.63) is 71.3 Å². The summed E-state index contributed by atoms with van der Waals surface area (Å²) in [6, 6.07) is 15.3. The summed E-state index contributed by atoms with van der Waals surface area (Å²) >= 11 is 4.94. The molecule has 144 valence electrons. The molecule has 0 aliphatic rings. The Balaban J connectivity index is 1.88. The summed E-state index contributed by atoms with van der Waals surface area (Å²) in [4.78, 5) is 16.1. The smallest absolute Gasteiger partial charge is 0.336 e. The van der Waals surface area contributed by atoms with Crippen LogP contribution in [0, 0.1) is 0 Å². The number of hydrogen-bond donors (Lipinski definition) is 1. The van der Waals surface area contributed by atoms with Crippen molar-refractivity contribution in [1.29, 1.82) is 0 Å². The first-order valence-electron chi connectivity index (χ1n) is 9.33. The first-order valence-corrected chi connectivity index (χ1v) is 9.80. The lowest BCUT2D eigenvalue weighted by atomic mass is 9.98. The number of rotatable bonds is 8. The molecule has 0 saturated carbocycles. The molecule has 2 aromatic carbocycles. The lowest BCUT2D eigenvalue weighted by Crippen LogP contribution is -2.11. The Kier molecular flexibility index (Phi) is 6.31. The Hall–Kier alpha value is -2.86. The van der Waals surface area contributed by atoms with E-state index >= 15 is 0 Å². The maximum absolute atomic E-state index is 11.5. The predicted octanol–water partition coefficient (Wildman–Crippen LogP) is 4.75. The van der Waals surface area contributed by atoms with Crippen LogP contribution in [0.4, 0.5) is 0 Å². The highest BCUT2D eigenvalue weighted by Gasteiger charge is 2.15. The number of hydrogen-bond acceptors (Lipinski definition) is 4. The Morgan fingerprint density at radius 2 is 1.93 bits per heavy atom. The van der Waals surface area contributed by atoms with Gasteiger partial charge >= 0.3 is 5.97 Å². The van der Waals surface area contributed by atoms with Crippen LogP contribution in [0.2, 0.25) is 0 Å². The highest BCUT2D eigenvalue weighted by atomic mass is 32.1. The zero-order valence-electron chi connectivity index (χ0n) is 16.0. The van der Waals surface area contributed by atoms with Crippen molar-refractivity contribution in [3.8, 4) is 11.1 Å². The Morgan fingerprint density at radius 3 is 2.57 bits per heavy atom. The number of nitrogens with zero attached hydrogens (tertiary/aromatic N) is 3. The normalized spacial score (nSPS) is 11.9. The Bertz CT molecular complexity index is 980. The molecule has 0 aliphatic carbocycles. The molecule has 1 heterocycles. The molecule has 1 aromatic heterocycles. The standard InChI is InChI=1S/C22H23N3O2S/c1-3-15(2)25-21(23-20(24-25)12-13-28)14-16-8-10-17(11-9-16)18-6-4-5-7-19(18)22(26)27/h4-11,13,15H,3,12,14H2,1-2H3,(H,26,27). The van der Waals surface area contributed by atoms with Gasteiger partial charge in [0, 0.05) is 12.8 Å². The number of carbonyl (C=O) groups is 1. The van der Waals surface area contributed by atoms with E-state index in [1.54, 1.807) is 17.5 Å². The van der Waals surface area contributed by atoms with Gasteiger partial charge in [-0.2, -0.15) is 5.10 Å². The molecule has 1 atom stereocenters. The zero-order chi connectivity index (χ0) is 20.1. The average molecular weight is 394 g/mol. The lowest BCUT2D eigenvalue weighted by Gasteiger charge is -2.12. The van der Waals surface area contributed by atoms with Crippen LogP contribution >= 0.6 is 12.2 Å².